The predicted molar refractivity (Wildman–Crippen MR) is 71.8 cm³/mol. The second-order valence-corrected chi connectivity index (χ2v) is 7.41. The van der Waals surface area contributed by atoms with E-state index in [0.29, 0.717) is 18.7 Å². The Morgan fingerprint density at radius 3 is 2.61 bits per heavy atom. The molecule has 18 heavy (non-hydrogen) atoms. The maximum Gasteiger partial charge on any atom is 0.221 e. The summed E-state index contributed by atoms with van der Waals surface area (Å²) < 4.78 is 25.9. The molecule has 106 valence electrons. The Balaban J connectivity index is 2.81. The van der Waals surface area contributed by atoms with Crippen LogP contribution in [0.3, 0.4) is 0 Å². The fraction of sp³-hybridized carbons (Fsp3) is 0.909. The molecular formula is C11H21ClN2O3S. The molecule has 1 heterocycles. The van der Waals surface area contributed by atoms with Gasteiger partial charge in [-0.3, -0.25) is 4.79 Å². The number of sulfonamides is 1. The number of carbonyl (C=O) groups is 1. The summed E-state index contributed by atoms with van der Waals surface area (Å²) in [5.74, 6) is -0.569. The van der Waals surface area contributed by atoms with Crippen molar-refractivity contribution in [1.29, 1.82) is 0 Å². The van der Waals surface area contributed by atoms with Crippen molar-refractivity contribution in [3.63, 3.8) is 0 Å². The van der Waals surface area contributed by atoms with Gasteiger partial charge in [0, 0.05) is 18.5 Å². The van der Waals surface area contributed by atoms with E-state index in [-0.39, 0.29) is 30.2 Å². The summed E-state index contributed by atoms with van der Waals surface area (Å²) in [5.41, 5.74) is 5.26. The highest BCUT2D eigenvalue weighted by Crippen LogP contribution is 2.25. The fourth-order valence-corrected chi connectivity index (χ4v) is 4.52. The number of amides is 1. The molecule has 1 aliphatic rings. The number of primary amides is 1. The van der Waals surface area contributed by atoms with Crippen molar-refractivity contribution in [2.45, 2.75) is 32.7 Å². The number of hydrogen-bond donors (Lipinski definition) is 1. The van der Waals surface area contributed by atoms with Crippen molar-refractivity contribution in [3.05, 3.63) is 0 Å². The van der Waals surface area contributed by atoms with Crippen LogP contribution < -0.4 is 5.73 Å². The van der Waals surface area contributed by atoms with Gasteiger partial charge in [-0.2, -0.15) is 4.31 Å². The molecule has 0 spiro atoms. The minimum Gasteiger partial charge on any atom is -0.369 e. The number of halogens is 1. The van der Waals surface area contributed by atoms with Crippen LogP contribution in [0.15, 0.2) is 0 Å². The van der Waals surface area contributed by atoms with Crippen LogP contribution in [-0.2, 0) is 14.8 Å². The van der Waals surface area contributed by atoms with E-state index in [9.17, 15) is 13.2 Å². The maximum absolute atomic E-state index is 12.2. The lowest BCUT2D eigenvalue weighted by Crippen LogP contribution is -2.49. The van der Waals surface area contributed by atoms with Crippen molar-refractivity contribution in [3.8, 4) is 0 Å². The molecule has 3 atom stereocenters. The van der Waals surface area contributed by atoms with Gasteiger partial charge in [0.15, 0.2) is 0 Å². The molecular weight excluding hydrogens is 276 g/mol. The van der Waals surface area contributed by atoms with Gasteiger partial charge >= 0.3 is 0 Å². The number of nitrogens with two attached hydrogens (primary N) is 1. The SMILES string of the molecule is CC(CCl)CS(=O)(=O)N1CC(C(N)=O)CCC1C. The first-order valence-corrected chi connectivity index (χ1v) is 8.27. The fourth-order valence-electron chi connectivity index (χ4n) is 2.19. The lowest BCUT2D eigenvalue weighted by Gasteiger charge is -2.36. The second-order valence-electron chi connectivity index (χ2n) is 5.13. The van der Waals surface area contributed by atoms with E-state index >= 15 is 0 Å². The summed E-state index contributed by atoms with van der Waals surface area (Å²) in [6.45, 7) is 3.86. The molecule has 1 amide bonds. The minimum atomic E-state index is -3.37. The van der Waals surface area contributed by atoms with E-state index in [4.69, 9.17) is 17.3 Å². The van der Waals surface area contributed by atoms with Crippen LogP contribution >= 0.6 is 11.6 Å². The molecule has 7 heteroatoms. The Morgan fingerprint density at radius 1 is 1.50 bits per heavy atom. The molecule has 0 saturated carbocycles. The zero-order valence-corrected chi connectivity index (χ0v) is 12.4. The van der Waals surface area contributed by atoms with Gasteiger partial charge in [-0.1, -0.05) is 6.92 Å². The molecule has 0 radical (unpaired) electrons. The molecule has 1 rings (SSSR count). The van der Waals surface area contributed by atoms with Gasteiger partial charge in [-0.15, -0.1) is 11.6 Å². The van der Waals surface area contributed by atoms with Gasteiger partial charge in [-0.25, -0.2) is 8.42 Å². The summed E-state index contributed by atoms with van der Waals surface area (Å²) in [6.07, 6.45) is 1.33. The molecule has 1 fully saturated rings. The molecule has 0 aromatic carbocycles. The average Bonchev–Trinajstić information content (AvgIpc) is 2.28. The van der Waals surface area contributed by atoms with E-state index in [1.54, 1.807) is 6.92 Å². The third-order valence-corrected chi connectivity index (χ3v) is 6.08. The molecule has 1 saturated heterocycles. The van der Waals surface area contributed by atoms with Crippen molar-refractivity contribution in [2.24, 2.45) is 17.6 Å². The van der Waals surface area contributed by atoms with Gasteiger partial charge in [0.1, 0.15) is 0 Å². The van der Waals surface area contributed by atoms with Crippen LogP contribution in [0.25, 0.3) is 0 Å². The van der Waals surface area contributed by atoms with E-state index in [0.717, 1.165) is 0 Å². The Kier molecular flexibility index (Phi) is 5.43. The lowest BCUT2D eigenvalue weighted by atomic mass is 9.95. The second kappa shape index (κ2) is 6.21. The third-order valence-electron chi connectivity index (χ3n) is 3.34. The molecule has 3 unspecified atom stereocenters. The summed E-state index contributed by atoms with van der Waals surface area (Å²) in [7, 11) is -3.37. The maximum atomic E-state index is 12.2. The van der Waals surface area contributed by atoms with E-state index in [2.05, 4.69) is 0 Å². The topological polar surface area (TPSA) is 80.5 Å². The summed E-state index contributed by atoms with van der Waals surface area (Å²) >= 11 is 5.66. The number of piperidine rings is 1. The number of hydrogen-bond acceptors (Lipinski definition) is 3. The van der Waals surface area contributed by atoms with E-state index in [1.807, 2.05) is 6.92 Å². The van der Waals surface area contributed by atoms with Crippen LogP contribution in [0, 0.1) is 11.8 Å². The Labute approximate surface area is 114 Å². The molecule has 1 aliphatic heterocycles. The minimum absolute atomic E-state index is 0.0202. The summed E-state index contributed by atoms with van der Waals surface area (Å²) in [6, 6.07) is -0.0758. The number of nitrogens with zero attached hydrogens (tertiary/aromatic N) is 1. The van der Waals surface area contributed by atoms with Gasteiger partial charge < -0.3 is 5.73 Å². The van der Waals surface area contributed by atoms with Crippen molar-refractivity contribution >= 4 is 27.5 Å². The summed E-state index contributed by atoms with van der Waals surface area (Å²) in [5, 5.41) is 0. The standard InChI is InChI=1S/C11H21ClN2O3S/c1-8(5-12)7-18(16,17)14-6-10(11(13)15)4-3-9(14)2/h8-10H,3-7H2,1-2H3,(H2,13,15). The normalized spacial score (nSPS) is 27.9. The first kappa shape index (κ1) is 15.7. The molecule has 0 bridgehead atoms. The number of alkyl halides is 1. The van der Waals surface area contributed by atoms with Crippen LogP contribution in [-0.4, -0.2) is 42.8 Å². The predicted octanol–water partition coefficient (Wildman–Crippen LogP) is 0.777. The van der Waals surface area contributed by atoms with E-state index in [1.165, 1.54) is 4.31 Å². The van der Waals surface area contributed by atoms with Gasteiger partial charge in [0.05, 0.1) is 11.7 Å². The molecule has 0 aromatic heterocycles. The van der Waals surface area contributed by atoms with Crippen LogP contribution in [0.2, 0.25) is 0 Å². The highest BCUT2D eigenvalue weighted by molar-refractivity contribution is 7.89. The van der Waals surface area contributed by atoms with Crippen LogP contribution in [0.5, 0.6) is 0 Å². The smallest absolute Gasteiger partial charge is 0.221 e. The Hall–Kier alpha value is -0.330. The summed E-state index contributed by atoms with van der Waals surface area (Å²) in [4.78, 5) is 11.2. The van der Waals surface area contributed by atoms with Gasteiger partial charge in [0.2, 0.25) is 15.9 Å². The van der Waals surface area contributed by atoms with E-state index < -0.39 is 15.9 Å². The van der Waals surface area contributed by atoms with Crippen molar-refractivity contribution in [2.75, 3.05) is 18.2 Å². The number of carbonyl (C=O) groups excluding carboxylic acids is 1. The average molecular weight is 297 g/mol. The quantitative estimate of drug-likeness (QED) is 0.761. The van der Waals surface area contributed by atoms with Crippen molar-refractivity contribution < 1.29 is 13.2 Å². The monoisotopic (exact) mass is 296 g/mol. The molecule has 2 N–H and O–H groups in total. The van der Waals surface area contributed by atoms with Crippen LogP contribution in [0.1, 0.15) is 26.7 Å². The third kappa shape index (κ3) is 3.83. The number of rotatable bonds is 5. The largest absolute Gasteiger partial charge is 0.369 e. The molecule has 5 nitrogen and oxygen atoms in total. The Morgan fingerprint density at radius 2 is 2.11 bits per heavy atom. The molecule has 0 aromatic rings. The first-order valence-electron chi connectivity index (χ1n) is 6.12. The van der Waals surface area contributed by atoms with Crippen LogP contribution in [0.4, 0.5) is 0 Å². The van der Waals surface area contributed by atoms with Gasteiger partial charge in [-0.05, 0) is 25.7 Å². The Bertz CT molecular complexity index is 399. The zero-order chi connectivity index (χ0) is 13.9. The molecule has 0 aliphatic carbocycles. The first-order chi connectivity index (χ1) is 8.27. The highest BCUT2D eigenvalue weighted by atomic mass is 35.5. The van der Waals surface area contributed by atoms with Crippen molar-refractivity contribution in [1.82, 2.24) is 4.31 Å². The zero-order valence-electron chi connectivity index (χ0n) is 10.8. The lowest BCUT2D eigenvalue weighted by molar-refractivity contribution is -0.123. The highest BCUT2D eigenvalue weighted by Gasteiger charge is 2.36. The van der Waals surface area contributed by atoms with Gasteiger partial charge in [0.25, 0.3) is 0 Å².